The highest BCUT2D eigenvalue weighted by molar-refractivity contribution is 5.63. The van der Waals surface area contributed by atoms with Crippen molar-refractivity contribution < 1.29 is 9.13 Å². The number of methoxy groups -OCH3 is 1. The van der Waals surface area contributed by atoms with E-state index in [-0.39, 0.29) is 18.0 Å². The molecule has 5 nitrogen and oxygen atoms in total. The maximum atomic E-state index is 13.4. The Hall–Kier alpha value is -2.52. The van der Waals surface area contributed by atoms with Gasteiger partial charge in [-0.05, 0) is 18.2 Å². The lowest BCUT2D eigenvalue weighted by Gasteiger charge is -2.06. The summed E-state index contributed by atoms with van der Waals surface area (Å²) < 4.78 is 18.3. The van der Waals surface area contributed by atoms with E-state index in [0.29, 0.717) is 17.1 Å². The normalized spacial score (nSPS) is 10.2. The van der Waals surface area contributed by atoms with Crippen LogP contribution in [0.3, 0.4) is 0 Å². The predicted octanol–water partition coefficient (Wildman–Crippen LogP) is 1.88. The van der Waals surface area contributed by atoms with Gasteiger partial charge in [0, 0.05) is 18.7 Å². The van der Waals surface area contributed by atoms with E-state index in [4.69, 9.17) is 15.7 Å². The van der Waals surface area contributed by atoms with E-state index in [1.165, 1.54) is 19.2 Å². The van der Waals surface area contributed by atoms with Crippen molar-refractivity contribution in [1.82, 2.24) is 9.97 Å². The smallest absolute Gasteiger partial charge is 0.157 e. The van der Waals surface area contributed by atoms with Crippen LogP contribution in [0.4, 0.5) is 10.2 Å². The Bertz CT molecular complexity index is 652. The number of aromatic nitrogens is 2. The number of nitrogens with zero attached hydrogens (tertiary/aromatic N) is 3. The van der Waals surface area contributed by atoms with Crippen molar-refractivity contribution in [2.75, 3.05) is 12.8 Å². The van der Waals surface area contributed by atoms with E-state index in [9.17, 15) is 4.39 Å². The second-order valence-electron chi connectivity index (χ2n) is 3.87. The molecule has 0 atom stereocenters. The SMILES string of the molecule is COCc1nc(N)cc(-c2cc(F)cc(C#N)c2)n1. The molecule has 0 saturated carbocycles. The van der Waals surface area contributed by atoms with Gasteiger partial charge in [0.05, 0.1) is 17.3 Å². The van der Waals surface area contributed by atoms with Gasteiger partial charge in [-0.25, -0.2) is 14.4 Å². The summed E-state index contributed by atoms with van der Waals surface area (Å²) in [7, 11) is 1.52. The maximum Gasteiger partial charge on any atom is 0.157 e. The largest absolute Gasteiger partial charge is 0.384 e. The molecule has 6 heteroatoms. The van der Waals surface area contributed by atoms with Crippen LogP contribution in [0.2, 0.25) is 0 Å². The Labute approximate surface area is 109 Å². The molecule has 0 aliphatic carbocycles. The molecule has 1 aromatic heterocycles. The summed E-state index contributed by atoms with van der Waals surface area (Å²) in [6, 6.07) is 7.41. The minimum Gasteiger partial charge on any atom is -0.384 e. The van der Waals surface area contributed by atoms with Crippen LogP contribution in [0, 0.1) is 17.1 Å². The lowest BCUT2D eigenvalue weighted by molar-refractivity contribution is 0.178. The zero-order chi connectivity index (χ0) is 13.8. The van der Waals surface area contributed by atoms with Crippen LogP contribution in [0.25, 0.3) is 11.3 Å². The molecule has 0 aliphatic heterocycles. The summed E-state index contributed by atoms with van der Waals surface area (Å²) in [5.74, 6) is 0.166. The highest BCUT2D eigenvalue weighted by Gasteiger charge is 2.08. The summed E-state index contributed by atoms with van der Waals surface area (Å²) in [6.07, 6.45) is 0. The topological polar surface area (TPSA) is 84.8 Å². The number of ether oxygens (including phenoxy) is 1. The maximum absolute atomic E-state index is 13.4. The number of rotatable bonds is 3. The van der Waals surface area contributed by atoms with Crippen molar-refractivity contribution in [2.45, 2.75) is 6.61 Å². The van der Waals surface area contributed by atoms with Gasteiger partial charge in [0.1, 0.15) is 18.2 Å². The number of hydrogen-bond donors (Lipinski definition) is 1. The Morgan fingerprint density at radius 1 is 1.32 bits per heavy atom. The van der Waals surface area contributed by atoms with Crippen molar-refractivity contribution in [1.29, 1.82) is 5.26 Å². The van der Waals surface area contributed by atoms with Crippen LogP contribution >= 0.6 is 0 Å². The Kier molecular flexibility index (Phi) is 3.68. The number of anilines is 1. The molecule has 2 N–H and O–H groups in total. The Balaban J connectivity index is 2.52. The minimum absolute atomic E-state index is 0.207. The van der Waals surface area contributed by atoms with Gasteiger partial charge in [-0.2, -0.15) is 5.26 Å². The Morgan fingerprint density at radius 2 is 2.11 bits per heavy atom. The van der Waals surface area contributed by atoms with Gasteiger partial charge in [0.25, 0.3) is 0 Å². The average molecular weight is 258 g/mol. The molecular formula is C13H11FN4O. The third-order valence-electron chi connectivity index (χ3n) is 2.39. The van der Waals surface area contributed by atoms with E-state index in [1.807, 2.05) is 6.07 Å². The fourth-order valence-corrected chi connectivity index (χ4v) is 1.66. The third-order valence-corrected chi connectivity index (χ3v) is 2.39. The van der Waals surface area contributed by atoms with E-state index in [0.717, 1.165) is 6.07 Å². The number of nitriles is 1. The second kappa shape index (κ2) is 5.42. The molecule has 0 radical (unpaired) electrons. The zero-order valence-electron chi connectivity index (χ0n) is 10.2. The Morgan fingerprint density at radius 3 is 2.79 bits per heavy atom. The first kappa shape index (κ1) is 12.9. The molecule has 0 amide bonds. The molecule has 2 aromatic rings. The standard InChI is InChI=1S/C13H11FN4O/c1-19-7-13-17-11(5-12(16)18-13)9-2-8(6-15)3-10(14)4-9/h2-5H,7H2,1H3,(H2,16,17,18). The highest BCUT2D eigenvalue weighted by Crippen LogP contribution is 2.21. The fraction of sp³-hybridized carbons (Fsp3) is 0.154. The molecular weight excluding hydrogens is 247 g/mol. The summed E-state index contributed by atoms with van der Waals surface area (Å²) in [5.41, 5.74) is 6.82. The van der Waals surface area contributed by atoms with E-state index >= 15 is 0 Å². The molecule has 19 heavy (non-hydrogen) atoms. The van der Waals surface area contributed by atoms with Crippen LogP contribution in [0.5, 0.6) is 0 Å². The number of nitrogen functional groups attached to an aromatic ring is 1. The van der Waals surface area contributed by atoms with Crippen molar-refractivity contribution >= 4 is 5.82 Å². The first-order chi connectivity index (χ1) is 9.12. The molecule has 0 aliphatic rings. The van der Waals surface area contributed by atoms with Gasteiger partial charge in [0.2, 0.25) is 0 Å². The van der Waals surface area contributed by atoms with E-state index in [2.05, 4.69) is 9.97 Å². The molecule has 2 rings (SSSR count). The number of hydrogen-bond acceptors (Lipinski definition) is 5. The van der Waals surface area contributed by atoms with Crippen molar-refractivity contribution in [2.24, 2.45) is 0 Å². The van der Waals surface area contributed by atoms with Gasteiger partial charge in [-0.1, -0.05) is 0 Å². The molecule has 1 heterocycles. The predicted molar refractivity (Wildman–Crippen MR) is 67.3 cm³/mol. The van der Waals surface area contributed by atoms with E-state index < -0.39 is 5.82 Å². The number of benzene rings is 1. The number of nitrogens with two attached hydrogens (primary N) is 1. The third kappa shape index (κ3) is 3.03. The van der Waals surface area contributed by atoms with Crippen molar-refractivity contribution in [3.8, 4) is 17.3 Å². The molecule has 0 saturated heterocycles. The van der Waals surface area contributed by atoms with Crippen LogP contribution < -0.4 is 5.73 Å². The summed E-state index contributed by atoms with van der Waals surface area (Å²) in [6.45, 7) is 0.207. The van der Waals surface area contributed by atoms with E-state index in [1.54, 1.807) is 6.07 Å². The van der Waals surface area contributed by atoms with Crippen LogP contribution in [-0.4, -0.2) is 17.1 Å². The molecule has 0 fully saturated rings. The van der Waals surface area contributed by atoms with Gasteiger partial charge in [-0.3, -0.25) is 0 Å². The summed E-state index contributed by atoms with van der Waals surface area (Å²) >= 11 is 0. The quantitative estimate of drug-likeness (QED) is 0.908. The van der Waals surface area contributed by atoms with Gasteiger partial charge >= 0.3 is 0 Å². The molecule has 0 unspecified atom stereocenters. The van der Waals surface area contributed by atoms with Gasteiger partial charge in [0.15, 0.2) is 5.82 Å². The van der Waals surface area contributed by atoms with Crippen molar-refractivity contribution in [3.63, 3.8) is 0 Å². The average Bonchev–Trinajstić information content (AvgIpc) is 2.37. The van der Waals surface area contributed by atoms with Gasteiger partial charge < -0.3 is 10.5 Å². The van der Waals surface area contributed by atoms with Crippen LogP contribution in [0.15, 0.2) is 24.3 Å². The summed E-state index contributed by atoms with van der Waals surface area (Å²) in [4.78, 5) is 8.21. The number of halogens is 1. The monoisotopic (exact) mass is 258 g/mol. The molecule has 0 spiro atoms. The first-order valence-electron chi connectivity index (χ1n) is 5.46. The molecule has 96 valence electrons. The van der Waals surface area contributed by atoms with Gasteiger partial charge in [-0.15, -0.1) is 0 Å². The van der Waals surface area contributed by atoms with Crippen LogP contribution in [0.1, 0.15) is 11.4 Å². The molecule has 1 aromatic carbocycles. The second-order valence-corrected chi connectivity index (χ2v) is 3.87. The lowest BCUT2D eigenvalue weighted by Crippen LogP contribution is -2.02. The first-order valence-corrected chi connectivity index (χ1v) is 5.46. The highest BCUT2D eigenvalue weighted by atomic mass is 19.1. The van der Waals surface area contributed by atoms with Crippen molar-refractivity contribution in [3.05, 3.63) is 41.5 Å². The lowest BCUT2D eigenvalue weighted by atomic mass is 10.1. The minimum atomic E-state index is -0.500. The fourth-order valence-electron chi connectivity index (χ4n) is 1.66. The van der Waals surface area contributed by atoms with Crippen LogP contribution in [-0.2, 0) is 11.3 Å². The summed E-state index contributed by atoms with van der Waals surface area (Å²) in [5, 5.41) is 8.83. The molecule has 0 bridgehead atoms. The zero-order valence-corrected chi connectivity index (χ0v) is 10.2.